The van der Waals surface area contributed by atoms with Crippen molar-refractivity contribution >= 4 is 28.6 Å². The average Bonchev–Trinajstić information content (AvgIpc) is 3.03. The Hall–Kier alpha value is -1.33. The summed E-state index contributed by atoms with van der Waals surface area (Å²) in [5.74, 6) is 0. The molecule has 0 saturated carbocycles. The fourth-order valence-corrected chi connectivity index (χ4v) is 3.25. The van der Waals surface area contributed by atoms with Crippen molar-refractivity contribution in [3.05, 3.63) is 63.3 Å². The number of hydroxylamine groups is 2. The van der Waals surface area contributed by atoms with E-state index >= 15 is 0 Å². The van der Waals surface area contributed by atoms with Gasteiger partial charge in [0.2, 0.25) is 0 Å². The largest absolute Gasteiger partial charge is 0.301 e. The van der Waals surface area contributed by atoms with Crippen molar-refractivity contribution in [2.45, 2.75) is 12.6 Å². The van der Waals surface area contributed by atoms with Crippen LogP contribution in [-0.2, 0) is 11.3 Å². The van der Waals surface area contributed by atoms with Gasteiger partial charge in [0, 0.05) is 6.54 Å². The molecule has 0 spiro atoms. The standard InChI is InChI=1S/C15H15ClN2OS/c16-14-7-6-13(20-14)12-10-15(17)19-18(12)9-8-11-4-2-1-3-5-11/h1-7,10,15H,8-9,17H2. The fourth-order valence-electron chi connectivity index (χ4n) is 2.18. The molecule has 0 amide bonds. The molecule has 1 atom stereocenters. The number of nitrogens with zero attached hydrogens (tertiary/aromatic N) is 1. The van der Waals surface area contributed by atoms with Gasteiger partial charge < -0.3 is 5.73 Å². The van der Waals surface area contributed by atoms with E-state index in [2.05, 4.69) is 12.1 Å². The van der Waals surface area contributed by atoms with E-state index in [1.54, 1.807) is 0 Å². The molecule has 104 valence electrons. The minimum atomic E-state index is -0.387. The molecule has 1 aromatic heterocycles. The zero-order chi connectivity index (χ0) is 13.9. The molecule has 1 aromatic carbocycles. The van der Waals surface area contributed by atoms with Crippen molar-refractivity contribution in [2.24, 2.45) is 5.73 Å². The Labute approximate surface area is 127 Å². The van der Waals surface area contributed by atoms with Crippen LogP contribution in [0.3, 0.4) is 0 Å². The lowest BCUT2D eigenvalue weighted by atomic mass is 10.1. The van der Waals surface area contributed by atoms with Gasteiger partial charge in [-0.05, 0) is 30.2 Å². The van der Waals surface area contributed by atoms with Gasteiger partial charge in [0.05, 0.1) is 14.9 Å². The summed E-state index contributed by atoms with van der Waals surface area (Å²) >= 11 is 7.53. The van der Waals surface area contributed by atoms with E-state index in [0.717, 1.165) is 27.9 Å². The molecule has 5 heteroatoms. The van der Waals surface area contributed by atoms with Crippen LogP contribution in [0.2, 0.25) is 4.34 Å². The maximum atomic E-state index is 6.00. The highest BCUT2D eigenvalue weighted by atomic mass is 35.5. The lowest BCUT2D eigenvalue weighted by Crippen LogP contribution is -2.27. The Kier molecular flexibility index (Phi) is 4.08. The van der Waals surface area contributed by atoms with Gasteiger partial charge in [-0.3, -0.25) is 9.90 Å². The maximum absolute atomic E-state index is 6.00. The first-order valence-electron chi connectivity index (χ1n) is 6.44. The van der Waals surface area contributed by atoms with Crippen LogP contribution in [-0.4, -0.2) is 17.8 Å². The van der Waals surface area contributed by atoms with Gasteiger partial charge >= 0.3 is 0 Å². The van der Waals surface area contributed by atoms with Gasteiger partial charge in [-0.25, -0.2) is 0 Å². The van der Waals surface area contributed by atoms with Crippen molar-refractivity contribution < 1.29 is 4.84 Å². The van der Waals surface area contributed by atoms with E-state index in [9.17, 15) is 0 Å². The monoisotopic (exact) mass is 306 g/mol. The van der Waals surface area contributed by atoms with Gasteiger partial charge in [-0.1, -0.05) is 41.9 Å². The van der Waals surface area contributed by atoms with Crippen LogP contribution in [0.1, 0.15) is 10.4 Å². The highest BCUT2D eigenvalue weighted by Gasteiger charge is 2.24. The quantitative estimate of drug-likeness (QED) is 0.939. The predicted molar refractivity (Wildman–Crippen MR) is 83.2 cm³/mol. The number of hydrogen-bond donors (Lipinski definition) is 1. The third-order valence-corrected chi connectivity index (χ3v) is 4.37. The molecule has 2 aromatic rings. The van der Waals surface area contributed by atoms with Gasteiger partial charge in [0.1, 0.15) is 0 Å². The summed E-state index contributed by atoms with van der Waals surface area (Å²) in [5.41, 5.74) is 8.14. The number of rotatable bonds is 4. The molecule has 0 saturated heterocycles. The Balaban J connectivity index is 1.71. The number of halogens is 1. The highest BCUT2D eigenvalue weighted by molar-refractivity contribution is 7.17. The van der Waals surface area contributed by atoms with E-state index in [0.29, 0.717) is 0 Å². The second-order valence-electron chi connectivity index (χ2n) is 4.56. The van der Waals surface area contributed by atoms with Gasteiger partial charge in [-0.15, -0.1) is 11.3 Å². The Bertz CT molecular complexity index is 611. The lowest BCUT2D eigenvalue weighted by Gasteiger charge is -2.20. The first-order valence-corrected chi connectivity index (χ1v) is 7.63. The third-order valence-electron chi connectivity index (χ3n) is 3.11. The molecule has 0 aliphatic carbocycles. The number of nitrogens with two attached hydrogens (primary N) is 1. The Morgan fingerprint density at radius 1 is 1.20 bits per heavy atom. The number of thiophene rings is 1. The summed E-state index contributed by atoms with van der Waals surface area (Å²) in [7, 11) is 0. The van der Waals surface area contributed by atoms with E-state index < -0.39 is 0 Å². The van der Waals surface area contributed by atoms with Crippen LogP contribution in [0.15, 0.2) is 48.5 Å². The van der Waals surface area contributed by atoms with E-state index in [1.807, 2.05) is 41.5 Å². The highest BCUT2D eigenvalue weighted by Crippen LogP contribution is 2.33. The third kappa shape index (κ3) is 3.04. The summed E-state index contributed by atoms with van der Waals surface area (Å²) in [5, 5.41) is 1.86. The fraction of sp³-hybridized carbons (Fsp3) is 0.200. The van der Waals surface area contributed by atoms with Crippen molar-refractivity contribution in [1.82, 2.24) is 5.06 Å². The summed E-state index contributed by atoms with van der Waals surface area (Å²) in [6.45, 7) is 0.763. The second kappa shape index (κ2) is 5.97. The van der Waals surface area contributed by atoms with E-state index in [-0.39, 0.29) is 6.23 Å². The summed E-state index contributed by atoms with van der Waals surface area (Å²) in [6, 6.07) is 14.2. The van der Waals surface area contributed by atoms with Crippen LogP contribution < -0.4 is 5.73 Å². The minimum Gasteiger partial charge on any atom is -0.301 e. The Morgan fingerprint density at radius 2 is 2.00 bits per heavy atom. The van der Waals surface area contributed by atoms with Crippen LogP contribution in [0.4, 0.5) is 0 Å². The van der Waals surface area contributed by atoms with Crippen LogP contribution >= 0.6 is 22.9 Å². The summed E-state index contributed by atoms with van der Waals surface area (Å²) < 4.78 is 0.768. The molecule has 2 heterocycles. The SMILES string of the molecule is NC1C=C(c2ccc(Cl)s2)N(CCc2ccccc2)O1. The molecular formula is C15H15ClN2OS. The molecule has 1 aliphatic rings. The minimum absolute atomic E-state index is 0.387. The van der Waals surface area contributed by atoms with Gasteiger partial charge in [0.15, 0.2) is 6.23 Å². The lowest BCUT2D eigenvalue weighted by molar-refractivity contribution is -0.118. The van der Waals surface area contributed by atoms with Crippen LogP contribution in [0.5, 0.6) is 0 Å². The van der Waals surface area contributed by atoms with Crippen LogP contribution in [0, 0.1) is 0 Å². The first kappa shape index (κ1) is 13.6. The van der Waals surface area contributed by atoms with Gasteiger partial charge in [0.25, 0.3) is 0 Å². The van der Waals surface area contributed by atoms with E-state index in [1.165, 1.54) is 16.9 Å². The van der Waals surface area contributed by atoms with Crippen molar-refractivity contribution in [3.8, 4) is 0 Å². The normalized spacial score (nSPS) is 18.4. The summed E-state index contributed by atoms with van der Waals surface area (Å²) in [4.78, 5) is 6.72. The van der Waals surface area contributed by atoms with E-state index in [4.69, 9.17) is 22.2 Å². The predicted octanol–water partition coefficient (Wildman–Crippen LogP) is 3.52. The van der Waals surface area contributed by atoms with Crippen molar-refractivity contribution in [3.63, 3.8) is 0 Å². The topological polar surface area (TPSA) is 38.5 Å². The molecule has 0 bridgehead atoms. The zero-order valence-corrected chi connectivity index (χ0v) is 12.4. The van der Waals surface area contributed by atoms with Gasteiger partial charge in [-0.2, -0.15) is 0 Å². The Morgan fingerprint density at radius 3 is 2.70 bits per heavy atom. The molecule has 1 unspecified atom stereocenters. The molecule has 3 nitrogen and oxygen atoms in total. The first-order chi connectivity index (χ1) is 9.72. The molecule has 1 aliphatic heterocycles. The second-order valence-corrected chi connectivity index (χ2v) is 6.28. The van der Waals surface area contributed by atoms with Crippen LogP contribution in [0.25, 0.3) is 5.70 Å². The molecule has 3 rings (SSSR count). The number of benzene rings is 1. The van der Waals surface area contributed by atoms with Crippen molar-refractivity contribution in [2.75, 3.05) is 6.54 Å². The van der Waals surface area contributed by atoms with Crippen molar-refractivity contribution in [1.29, 1.82) is 0 Å². The molecule has 0 fully saturated rings. The molecular weight excluding hydrogens is 292 g/mol. The maximum Gasteiger partial charge on any atom is 0.155 e. The zero-order valence-electron chi connectivity index (χ0n) is 10.8. The smallest absolute Gasteiger partial charge is 0.155 e. The molecule has 0 radical (unpaired) electrons. The average molecular weight is 307 g/mol. The molecule has 2 N–H and O–H groups in total. The molecule has 20 heavy (non-hydrogen) atoms. The summed E-state index contributed by atoms with van der Waals surface area (Å²) in [6.07, 6.45) is 2.44. The number of hydrogen-bond acceptors (Lipinski definition) is 4.